The van der Waals surface area contributed by atoms with Crippen LogP contribution in [0.5, 0.6) is 0 Å². The molecule has 0 amide bonds. The number of carbonyl (C=O) groups is 1. The zero-order chi connectivity index (χ0) is 10.4. The fourth-order valence-electron chi connectivity index (χ4n) is 1.38. The number of carboxylic acid groups (broad SMARTS) is 1. The van der Waals surface area contributed by atoms with Gasteiger partial charge in [-0.3, -0.25) is 4.79 Å². The maximum Gasteiger partial charge on any atom is 0.308 e. The zero-order valence-corrected chi connectivity index (χ0v) is 9.08. The van der Waals surface area contributed by atoms with Crippen LogP contribution >= 0.6 is 0 Å². The number of nitrogens with zero attached hydrogens (tertiary/aromatic N) is 1. The molecule has 1 N–H and O–H groups in total. The van der Waals surface area contributed by atoms with Crippen LogP contribution in [-0.2, 0) is 4.79 Å². The predicted octanol–water partition coefficient (Wildman–Crippen LogP) is 1.69. The maximum atomic E-state index is 10.9. The predicted molar refractivity (Wildman–Crippen MR) is 53.8 cm³/mol. The van der Waals surface area contributed by atoms with Crippen molar-refractivity contribution in [2.24, 2.45) is 11.8 Å². The van der Waals surface area contributed by atoms with E-state index < -0.39 is 5.97 Å². The summed E-state index contributed by atoms with van der Waals surface area (Å²) in [6.45, 7) is 7.64. The summed E-state index contributed by atoms with van der Waals surface area (Å²) < 4.78 is 0. The highest BCUT2D eigenvalue weighted by atomic mass is 16.4. The van der Waals surface area contributed by atoms with Gasteiger partial charge in [-0.15, -0.1) is 0 Å². The molecule has 0 bridgehead atoms. The molecule has 3 nitrogen and oxygen atoms in total. The first-order chi connectivity index (χ1) is 5.99. The van der Waals surface area contributed by atoms with Crippen molar-refractivity contribution in [1.29, 1.82) is 0 Å². The third-order valence-corrected chi connectivity index (χ3v) is 2.24. The molecule has 0 aliphatic rings. The molecule has 1 unspecified atom stereocenters. The second kappa shape index (κ2) is 5.97. The van der Waals surface area contributed by atoms with E-state index in [1.165, 1.54) is 0 Å². The standard InChI is InChI=1S/C10H21NO2/c1-5-6-11(4)7-9(8(2)3)10(12)13/h8-9H,5-7H2,1-4H3,(H,12,13). The maximum absolute atomic E-state index is 10.9. The van der Waals surface area contributed by atoms with E-state index in [-0.39, 0.29) is 11.8 Å². The van der Waals surface area contributed by atoms with Crippen molar-refractivity contribution in [3.05, 3.63) is 0 Å². The molecule has 0 saturated carbocycles. The number of rotatable bonds is 6. The van der Waals surface area contributed by atoms with E-state index in [0.29, 0.717) is 6.54 Å². The van der Waals surface area contributed by atoms with Gasteiger partial charge in [0.2, 0.25) is 0 Å². The van der Waals surface area contributed by atoms with Crippen LogP contribution < -0.4 is 0 Å². The van der Waals surface area contributed by atoms with Crippen LogP contribution in [0, 0.1) is 11.8 Å². The minimum absolute atomic E-state index is 0.205. The minimum atomic E-state index is -0.682. The van der Waals surface area contributed by atoms with Gasteiger partial charge in [-0.25, -0.2) is 0 Å². The van der Waals surface area contributed by atoms with E-state index in [4.69, 9.17) is 5.11 Å². The van der Waals surface area contributed by atoms with Crippen LogP contribution in [0.1, 0.15) is 27.2 Å². The summed E-state index contributed by atoms with van der Waals surface area (Å²) in [6.07, 6.45) is 1.07. The lowest BCUT2D eigenvalue weighted by Gasteiger charge is -2.23. The van der Waals surface area contributed by atoms with E-state index >= 15 is 0 Å². The molecule has 0 radical (unpaired) electrons. The van der Waals surface area contributed by atoms with E-state index in [1.54, 1.807) is 0 Å². The first-order valence-corrected chi connectivity index (χ1v) is 4.90. The fourth-order valence-corrected chi connectivity index (χ4v) is 1.38. The Morgan fingerprint density at radius 1 is 1.46 bits per heavy atom. The molecule has 1 atom stereocenters. The summed E-state index contributed by atoms with van der Waals surface area (Å²) in [7, 11) is 1.97. The van der Waals surface area contributed by atoms with Crippen LogP contribution in [0.2, 0.25) is 0 Å². The van der Waals surface area contributed by atoms with Gasteiger partial charge in [0.25, 0.3) is 0 Å². The van der Waals surface area contributed by atoms with Crippen LogP contribution in [-0.4, -0.2) is 36.1 Å². The molecule has 0 aliphatic carbocycles. The number of hydrogen-bond acceptors (Lipinski definition) is 2. The summed E-state index contributed by atoms with van der Waals surface area (Å²) in [4.78, 5) is 12.9. The van der Waals surface area contributed by atoms with E-state index in [0.717, 1.165) is 13.0 Å². The van der Waals surface area contributed by atoms with Crippen LogP contribution in [0.25, 0.3) is 0 Å². The monoisotopic (exact) mass is 187 g/mol. The van der Waals surface area contributed by atoms with E-state index in [1.807, 2.05) is 20.9 Å². The largest absolute Gasteiger partial charge is 0.481 e. The number of carboxylic acids is 1. The molecular formula is C10H21NO2. The Balaban J connectivity index is 4.02. The molecule has 0 fully saturated rings. The van der Waals surface area contributed by atoms with E-state index in [2.05, 4.69) is 11.8 Å². The van der Waals surface area contributed by atoms with Crippen molar-refractivity contribution in [2.45, 2.75) is 27.2 Å². The molecule has 0 saturated heterocycles. The van der Waals surface area contributed by atoms with E-state index in [9.17, 15) is 4.79 Å². The van der Waals surface area contributed by atoms with Crippen LogP contribution in [0.3, 0.4) is 0 Å². The lowest BCUT2D eigenvalue weighted by Crippen LogP contribution is -2.33. The molecule has 78 valence electrons. The molecule has 3 heteroatoms. The summed E-state index contributed by atoms with van der Waals surface area (Å²) in [5.74, 6) is -0.716. The first kappa shape index (κ1) is 12.4. The van der Waals surface area contributed by atoms with Gasteiger partial charge in [0.1, 0.15) is 0 Å². The summed E-state index contributed by atoms with van der Waals surface area (Å²) >= 11 is 0. The highest BCUT2D eigenvalue weighted by molar-refractivity contribution is 5.70. The third kappa shape index (κ3) is 4.88. The van der Waals surface area contributed by atoms with Gasteiger partial charge in [0.15, 0.2) is 0 Å². The Kier molecular flexibility index (Phi) is 5.71. The molecule has 0 aromatic heterocycles. The van der Waals surface area contributed by atoms with Gasteiger partial charge in [-0.1, -0.05) is 20.8 Å². The molecule has 0 rings (SSSR count). The Morgan fingerprint density at radius 2 is 2.00 bits per heavy atom. The lowest BCUT2D eigenvalue weighted by atomic mass is 9.95. The SMILES string of the molecule is CCCN(C)CC(C(=O)O)C(C)C. The third-order valence-electron chi connectivity index (χ3n) is 2.24. The van der Waals surface area contributed by atoms with Crippen molar-refractivity contribution in [3.8, 4) is 0 Å². The smallest absolute Gasteiger partial charge is 0.308 e. The van der Waals surface area contributed by atoms with Crippen LogP contribution in [0.4, 0.5) is 0 Å². The molecule has 0 spiro atoms. The first-order valence-electron chi connectivity index (χ1n) is 4.90. The zero-order valence-electron chi connectivity index (χ0n) is 9.08. The highest BCUT2D eigenvalue weighted by Gasteiger charge is 2.22. The van der Waals surface area contributed by atoms with Gasteiger partial charge in [-0.2, -0.15) is 0 Å². The van der Waals surface area contributed by atoms with Crippen molar-refractivity contribution in [2.75, 3.05) is 20.1 Å². The summed E-state index contributed by atoms with van der Waals surface area (Å²) in [6, 6.07) is 0. The van der Waals surface area contributed by atoms with Gasteiger partial charge in [-0.05, 0) is 25.9 Å². The lowest BCUT2D eigenvalue weighted by molar-refractivity contribution is -0.143. The topological polar surface area (TPSA) is 40.5 Å². The molecule has 0 aliphatic heterocycles. The number of aliphatic carboxylic acids is 1. The fraction of sp³-hybridized carbons (Fsp3) is 0.900. The minimum Gasteiger partial charge on any atom is -0.481 e. The van der Waals surface area contributed by atoms with Gasteiger partial charge < -0.3 is 10.0 Å². The quantitative estimate of drug-likeness (QED) is 0.688. The van der Waals surface area contributed by atoms with Crippen LogP contribution in [0.15, 0.2) is 0 Å². The number of hydrogen-bond donors (Lipinski definition) is 1. The highest BCUT2D eigenvalue weighted by Crippen LogP contribution is 2.12. The molecule has 0 aromatic rings. The average molecular weight is 187 g/mol. The molecule has 13 heavy (non-hydrogen) atoms. The Bertz CT molecular complexity index is 157. The molecule has 0 heterocycles. The Morgan fingerprint density at radius 3 is 2.31 bits per heavy atom. The van der Waals surface area contributed by atoms with Crippen molar-refractivity contribution >= 4 is 5.97 Å². The normalized spacial score (nSPS) is 13.7. The molecular weight excluding hydrogens is 166 g/mol. The summed E-state index contributed by atoms with van der Waals surface area (Å²) in [5.41, 5.74) is 0. The van der Waals surface area contributed by atoms with Crippen molar-refractivity contribution in [3.63, 3.8) is 0 Å². The second-order valence-corrected chi connectivity index (χ2v) is 3.95. The Hall–Kier alpha value is -0.570. The van der Waals surface area contributed by atoms with Crippen molar-refractivity contribution in [1.82, 2.24) is 4.90 Å². The van der Waals surface area contributed by atoms with Gasteiger partial charge >= 0.3 is 5.97 Å². The average Bonchev–Trinajstić information content (AvgIpc) is 1.99. The Labute approximate surface area is 80.7 Å². The summed E-state index contributed by atoms with van der Waals surface area (Å²) in [5, 5.41) is 8.93. The van der Waals surface area contributed by atoms with Gasteiger partial charge in [0.05, 0.1) is 5.92 Å². The second-order valence-electron chi connectivity index (χ2n) is 3.95. The molecule has 0 aromatic carbocycles. The van der Waals surface area contributed by atoms with Gasteiger partial charge in [0, 0.05) is 6.54 Å². The van der Waals surface area contributed by atoms with Crippen molar-refractivity contribution < 1.29 is 9.90 Å².